The SMILES string of the molecule is Cc1cc(Nc2ccccc2)nc(S[C@@H]2C(=O)[C@H]3CC[C@@]2(C)C3(C)C)n1. The third-order valence-electron chi connectivity index (χ3n) is 6.58. The van der Waals surface area contributed by atoms with Crippen molar-refractivity contribution in [3.05, 3.63) is 42.1 Å². The molecule has 2 bridgehead atoms. The molecule has 1 N–H and O–H groups in total. The molecule has 26 heavy (non-hydrogen) atoms. The van der Waals surface area contributed by atoms with Gasteiger partial charge in [0.15, 0.2) is 5.16 Å². The van der Waals surface area contributed by atoms with Gasteiger partial charge in [0, 0.05) is 23.4 Å². The number of rotatable bonds is 4. The average Bonchev–Trinajstić information content (AvgIpc) is 2.89. The number of carbonyl (C=O) groups is 1. The Kier molecular flexibility index (Phi) is 4.10. The number of benzene rings is 1. The number of anilines is 2. The molecule has 5 heteroatoms. The highest BCUT2D eigenvalue weighted by molar-refractivity contribution is 8.00. The fourth-order valence-corrected chi connectivity index (χ4v) is 6.13. The van der Waals surface area contributed by atoms with E-state index in [0.29, 0.717) is 10.9 Å². The van der Waals surface area contributed by atoms with Crippen molar-refractivity contribution >= 4 is 29.1 Å². The molecule has 2 aliphatic rings. The van der Waals surface area contributed by atoms with E-state index in [0.717, 1.165) is 30.0 Å². The Balaban J connectivity index is 1.60. The maximum Gasteiger partial charge on any atom is 0.190 e. The number of para-hydroxylation sites is 1. The van der Waals surface area contributed by atoms with Gasteiger partial charge in [-0.25, -0.2) is 9.97 Å². The van der Waals surface area contributed by atoms with E-state index in [4.69, 9.17) is 0 Å². The van der Waals surface area contributed by atoms with Crippen LogP contribution >= 0.6 is 11.8 Å². The molecule has 0 spiro atoms. The number of fused-ring (bicyclic) bond motifs is 2. The summed E-state index contributed by atoms with van der Waals surface area (Å²) < 4.78 is 0. The van der Waals surface area contributed by atoms with Crippen molar-refractivity contribution in [1.82, 2.24) is 9.97 Å². The molecule has 0 amide bonds. The number of thioether (sulfide) groups is 1. The predicted octanol–water partition coefficient (Wildman–Crippen LogP) is 5.01. The second-order valence-corrected chi connectivity index (χ2v) is 9.37. The lowest BCUT2D eigenvalue weighted by Crippen LogP contribution is -2.35. The first kappa shape index (κ1) is 17.5. The summed E-state index contributed by atoms with van der Waals surface area (Å²) in [5, 5.41) is 3.96. The van der Waals surface area contributed by atoms with Crippen LogP contribution in [0.5, 0.6) is 0 Å². The third kappa shape index (κ3) is 2.64. The van der Waals surface area contributed by atoms with E-state index in [1.54, 1.807) is 11.8 Å². The van der Waals surface area contributed by atoms with E-state index >= 15 is 0 Å². The number of aromatic nitrogens is 2. The van der Waals surface area contributed by atoms with Gasteiger partial charge in [-0.2, -0.15) is 0 Å². The lowest BCUT2D eigenvalue weighted by molar-refractivity contribution is -0.122. The van der Waals surface area contributed by atoms with Crippen molar-refractivity contribution in [1.29, 1.82) is 0 Å². The van der Waals surface area contributed by atoms with Crippen LogP contribution < -0.4 is 5.32 Å². The molecule has 0 saturated heterocycles. The first-order valence-corrected chi connectivity index (χ1v) is 10.1. The highest BCUT2D eigenvalue weighted by Gasteiger charge is 2.66. The van der Waals surface area contributed by atoms with Crippen LogP contribution in [0.3, 0.4) is 0 Å². The van der Waals surface area contributed by atoms with Crippen LogP contribution in [-0.2, 0) is 4.79 Å². The molecule has 2 aromatic rings. The second kappa shape index (κ2) is 6.08. The van der Waals surface area contributed by atoms with Crippen molar-refractivity contribution in [3.63, 3.8) is 0 Å². The average molecular weight is 368 g/mol. The summed E-state index contributed by atoms with van der Waals surface area (Å²) in [7, 11) is 0. The van der Waals surface area contributed by atoms with Gasteiger partial charge < -0.3 is 5.32 Å². The standard InChI is InChI=1S/C21H25N3OS/c1-13-12-16(23-14-8-6-5-7-9-14)24-19(22-13)26-18-17(25)15-10-11-21(18,4)20(15,2)3/h5-9,12,15,18H,10-11H2,1-4H3,(H,22,23,24)/t15-,18-,21-/m1/s1. The third-order valence-corrected chi connectivity index (χ3v) is 7.96. The van der Waals surface area contributed by atoms with Crippen LogP contribution in [0.1, 0.15) is 39.3 Å². The van der Waals surface area contributed by atoms with Crippen LogP contribution in [0.15, 0.2) is 41.6 Å². The van der Waals surface area contributed by atoms with Crippen LogP contribution in [-0.4, -0.2) is 21.0 Å². The van der Waals surface area contributed by atoms with Gasteiger partial charge in [0.05, 0.1) is 5.25 Å². The Morgan fingerprint density at radius 1 is 1.15 bits per heavy atom. The van der Waals surface area contributed by atoms with Crippen molar-refractivity contribution < 1.29 is 4.79 Å². The Hall–Kier alpha value is -1.88. The molecule has 4 rings (SSSR count). The largest absolute Gasteiger partial charge is 0.340 e. The van der Waals surface area contributed by atoms with E-state index in [1.165, 1.54) is 0 Å². The maximum absolute atomic E-state index is 13.0. The molecule has 1 aromatic heterocycles. The minimum absolute atomic E-state index is 0.0134. The molecule has 0 aliphatic heterocycles. The van der Waals surface area contributed by atoms with Gasteiger partial charge in [-0.1, -0.05) is 50.7 Å². The molecule has 136 valence electrons. The summed E-state index contributed by atoms with van der Waals surface area (Å²) in [6.07, 6.45) is 2.13. The Morgan fingerprint density at radius 3 is 2.54 bits per heavy atom. The highest BCUT2D eigenvalue weighted by Crippen LogP contribution is 2.67. The topological polar surface area (TPSA) is 54.9 Å². The zero-order chi connectivity index (χ0) is 18.5. The molecule has 3 atom stereocenters. The number of hydrogen-bond acceptors (Lipinski definition) is 5. The minimum Gasteiger partial charge on any atom is -0.340 e. The molecular weight excluding hydrogens is 342 g/mol. The first-order chi connectivity index (χ1) is 12.3. The van der Waals surface area contributed by atoms with E-state index in [-0.39, 0.29) is 22.0 Å². The molecule has 1 aromatic carbocycles. The lowest BCUT2D eigenvalue weighted by atomic mass is 9.71. The van der Waals surface area contributed by atoms with Crippen molar-refractivity contribution in [2.75, 3.05) is 5.32 Å². The molecule has 1 heterocycles. The molecule has 2 saturated carbocycles. The fraction of sp³-hybridized carbons (Fsp3) is 0.476. The lowest BCUT2D eigenvalue weighted by Gasteiger charge is -2.37. The van der Waals surface area contributed by atoms with E-state index < -0.39 is 0 Å². The van der Waals surface area contributed by atoms with Gasteiger partial charge in [0.25, 0.3) is 0 Å². The van der Waals surface area contributed by atoms with E-state index in [9.17, 15) is 4.79 Å². The van der Waals surface area contributed by atoms with Crippen LogP contribution in [0.25, 0.3) is 0 Å². The van der Waals surface area contributed by atoms with Gasteiger partial charge in [-0.3, -0.25) is 4.79 Å². The number of ketones is 1. The van der Waals surface area contributed by atoms with Crippen LogP contribution in [0, 0.1) is 23.7 Å². The van der Waals surface area contributed by atoms with E-state index in [1.807, 2.05) is 43.3 Å². The zero-order valence-corrected chi connectivity index (χ0v) is 16.6. The number of hydrogen-bond donors (Lipinski definition) is 1. The van der Waals surface area contributed by atoms with E-state index in [2.05, 4.69) is 36.1 Å². The molecule has 0 radical (unpaired) electrons. The molecule has 2 aliphatic carbocycles. The predicted molar refractivity (Wildman–Crippen MR) is 106 cm³/mol. The number of carbonyl (C=O) groups excluding carboxylic acids is 1. The Bertz CT molecular complexity index is 852. The first-order valence-electron chi connectivity index (χ1n) is 9.19. The van der Waals surface area contributed by atoms with Crippen molar-refractivity contribution in [3.8, 4) is 0 Å². The number of aryl methyl sites for hydroxylation is 1. The fourth-order valence-electron chi connectivity index (χ4n) is 4.61. The van der Waals surface area contributed by atoms with Gasteiger partial charge in [0.1, 0.15) is 11.6 Å². The quantitative estimate of drug-likeness (QED) is 0.770. The van der Waals surface area contributed by atoms with Crippen LogP contribution in [0.4, 0.5) is 11.5 Å². The van der Waals surface area contributed by atoms with Gasteiger partial charge in [-0.05, 0) is 42.7 Å². The molecule has 2 fully saturated rings. The normalized spacial score (nSPS) is 29.2. The summed E-state index contributed by atoms with van der Waals surface area (Å²) in [4.78, 5) is 22.2. The molecule has 4 nitrogen and oxygen atoms in total. The second-order valence-electron chi connectivity index (χ2n) is 8.30. The summed E-state index contributed by atoms with van der Waals surface area (Å²) >= 11 is 1.55. The summed E-state index contributed by atoms with van der Waals surface area (Å²) in [6.45, 7) is 8.75. The number of nitrogens with one attached hydrogen (secondary N) is 1. The number of nitrogens with zero attached hydrogens (tertiary/aromatic N) is 2. The summed E-state index contributed by atoms with van der Waals surface area (Å²) in [5.74, 6) is 1.33. The smallest absolute Gasteiger partial charge is 0.190 e. The molecular formula is C21H25N3OS. The Labute approximate surface area is 159 Å². The highest BCUT2D eigenvalue weighted by atomic mass is 32.2. The molecule has 0 unspecified atom stereocenters. The van der Waals surface area contributed by atoms with Gasteiger partial charge in [-0.15, -0.1) is 0 Å². The Morgan fingerprint density at radius 2 is 1.88 bits per heavy atom. The van der Waals surface area contributed by atoms with Crippen LogP contribution in [0.2, 0.25) is 0 Å². The maximum atomic E-state index is 13.0. The monoisotopic (exact) mass is 367 g/mol. The minimum atomic E-state index is -0.0531. The zero-order valence-electron chi connectivity index (χ0n) is 15.7. The summed E-state index contributed by atoms with van der Waals surface area (Å²) in [6, 6.07) is 11.9. The summed E-state index contributed by atoms with van der Waals surface area (Å²) in [5.41, 5.74) is 1.96. The van der Waals surface area contributed by atoms with Crippen molar-refractivity contribution in [2.45, 2.75) is 50.9 Å². The van der Waals surface area contributed by atoms with Crippen molar-refractivity contribution in [2.24, 2.45) is 16.7 Å². The van der Waals surface area contributed by atoms with Gasteiger partial charge >= 0.3 is 0 Å². The number of Topliss-reactive ketones (excluding diaryl/α,β-unsaturated/α-hetero) is 1. The van der Waals surface area contributed by atoms with Gasteiger partial charge in [0.2, 0.25) is 0 Å².